The van der Waals surface area contributed by atoms with Crippen LogP contribution in [0.3, 0.4) is 0 Å². The number of hydrogen-bond acceptors (Lipinski definition) is 7. The van der Waals surface area contributed by atoms with Crippen LogP contribution in [0.5, 0.6) is 0 Å². The van der Waals surface area contributed by atoms with Crippen molar-refractivity contribution in [2.75, 3.05) is 13.1 Å². The Bertz CT molecular complexity index is 1100. The van der Waals surface area contributed by atoms with Crippen LogP contribution in [-0.2, 0) is 0 Å². The van der Waals surface area contributed by atoms with Crippen molar-refractivity contribution in [2.24, 2.45) is 0 Å². The lowest BCUT2D eigenvalue weighted by Crippen LogP contribution is -2.48. The summed E-state index contributed by atoms with van der Waals surface area (Å²) in [6.45, 7) is 1.00. The maximum atomic E-state index is 12.6. The van der Waals surface area contributed by atoms with Crippen molar-refractivity contribution in [3.8, 4) is 22.7 Å². The van der Waals surface area contributed by atoms with Crippen LogP contribution < -0.4 is 0 Å². The molecule has 0 saturated carbocycles. The predicted molar refractivity (Wildman–Crippen MR) is 98.1 cm³/mol. The fraction of sp³-hybridized carbons (Fsp3) is 0.150. The summed E-state index contributed by atoms with van der Waals surface area (Å²) in [7, 11) is 0. The summed E-state index contributed by atoms with van der Waals surface area (Å²) in [4.78, 5) is 22.8. The van der Waals surface area contributed by atoms with E-state index in [1.165, 1.54) is 0 Å². The highest BCUT2D eigenvalue weighted by Crippen LogP contribution is 2.29. The summed E-state index contributed by atoms with van der Waals surface area (Å²) in [5, 5.41) is 7.91. The Hall–Kier alpha value is -3.81. The molecule has 1 fully saturated rings. The molecule has 0 spiro atoms. The van der Waals surface area contributed by atoms with E-state index in [4.69, 9.17) is 9.05 Å². The van der Waals surface area contributed by atoms with Crippen molar-refractivity contribution in [3.05, 3.63) is 72.5 Å². The SMILES string of the molecule is O=C(c1cc(-c2ccccc2)on1)N1CC(c2nc(-c3cccnc3)no2)C1. The van der Waals surface area contributed by atoms with Crippen molar-refractivity contribution < 1.29 is 13.8 Å². The molecule has 4 aromatic rings. The Labute approximate surface area is 159 Å². The highest BCUT2D eigenvalue weighted by atomic mass is 16.5. The van der Waals surface area contributed by atoms with Gasteiger partial charge in [-0.15, -0.1) is 0 Å². The number of amides is 1. The van der Waals surface area contributed by atoms with Crippen LogP contribution in [0.15, 0.2) is 70.0 Å². The Morgan fingerprint density at radius 3 is 2.61 bits per heavy atom. The molecule has 0 N–H and O–H groups in total. The van der Waals surface area contributed by atoms with E-state index in [1.807, 2.05) is 42.5 Å². The molecule has 3 aromatic heterocycles. The summed E-state index contributed by atoms with van der Waals surface area (Å²) in [5.41, 5.74) is 1.96. The van der Waals surface area contributed by atoms with Crippen molar-refractivity contribution in [1.29, 1.82) is 0 Å². The summed E-state index contributed by atoms with van der Waals surface area (Å²) in [6, 6.07) is 14.9. The van der Waals surface area contributed by atoms with E-state index < -0.39 is 0 Å². The molecule has 0 atom stereocenters. The first-order valence-corrected chi connectivity index (χ1v) is 8.83. The van der Waals surface area contributed by atoms with Crippen LogP contribution in [0, 0.1) is 0 Å². The molecule has 0 unspecified atom stereocenters. The zero-order valence-corrected chi connectivity index (χ0v) is 14.7. The van der Waals surface area contributed by atoms with Gasteiger partial charge in [0.05, 0.1) is 5.92 Å². The average molecular weight is 373 g/mol. The van der Waals surface area contributed by atoms with Gasteiger partial charge in [0.1, 0.15) is 0 Å². The van der Waals surface area contributed by atoms with E-state index in [0.29, 0.717) is 36.3 Å². The fourth-order valence-electron chi connectivity index (χ4n) is 3.09. The normalized spacial score (nSPS) is 14.1. The van der Waals surface area contributed by atoms with Crippen LogP contribution in [-0.4, -0.2) is 44.2 Å². The van der Waals surface area contributed by atoms with Gasteiger partial charge in [-0.25, -0.2) is 0 Å². The second kappa shape index (κ2) is 6.73. The number of carbonyl (C=O) groups is 1. The van der Waals surface area contributed by atoms with Gasteiger partial charge in [0.25, 0.3) is 5.91 Å². The lowest BCUT2D eigenvalue weighted by atomic mass is 9.99. The quantitative estimate of drug-likeness (QED) is 0.542. The second-order valence-corrected chi connectivity index (χ2v) is 6.55. The number of pyridine rings is 1. The number of nitrogens with zero attached hydrogens (tertiary/aromatic N) is 5. The molecule has 8 heteroatoms. The fourth-order valence-corrected chi connectivity index (χ4v) is 3.09. The van der Waals surface area contributed by atoms with Gasteiger partial charge in [0, 0.05) is 42.7 Å². The molecule has 1 amide bonds. The predicted octanol–water partition coefficient (Wildman–Crippen LogP) is 3.03. The van der Waals surface area contributed by atoms with Gasteiger partial charge in [-0.3, -0.25) is 9.78 Å². The highest BCUT2D eigenvalue weighted by Gasteiger charge is 2.37. The Kier molecular flexibility index (Phi) is 3.93. The molecule has 0 aliphatic carbocycles. The van der Waals surface area contributed by atoms with Gasteiger partial charge < -0.3 is 13.9 Å². The molecule has 0 bridgehead atoms. The Morgan fingerprint density at radius 1 is 1.00 bits per heavy atom. The van der Waals surface area contributed by atoms with Crippen molar-refractivity contribution in [3.63, 3.8) is 0 Å². The van der Waals surface area contributed by atoms with E-state index in [1.54, 1.807) is 23.4 Å². The monoisotopic (exact) mass is 373 g/mol. The molecular weight excluding hydrogens is 358 g/mol. The van der Waals surface area contributed by atoms with E-state index in [2.05, 4.69) is 20.3 Å². The third kappa shape index (κ3) is 2.94. The molecule has 28 heavy (non-hydrogen) atoms. The zero-order valence-electron chi connectivity index (χ0n) is 14.7. The van der Waals surface area contributed by atoms with Crippen LogP contribution >= 0.6 is 0 Å². The summed E-state index contributed by atoms with van der Waals surface area (Å²) in [6.07, 6.45) is 3.37. The number of likely N-dealkylation sites (tertiary alicyclic amines) is 1. The lowest BCUT2D eigenvalue weighted by molar-refractivity contribution is 0.0559. The third-order valence-corrected chi connectivity index (χ3v) is 4.67. The molecule has 1 saturated heterocycles. The molecule has 8 nitrogen and oxygen atoms in total. The lowest BCUT2D eigenvalue weighted by Gasteiger charge is -2.36. The van der Waals surface area contributed by atoms with Crippen molar-refractivity contribution in [1.82, 2.24) is 25.2 Å². The topological polar surface area (TPSA) is 98.2 Å². The smallest absolute Gasteiger partial charge is 0.276 e. The van der Waals surface area contributed by atoms with E-state index in [9.17, 15) is 4.79 Å². The summed E-state index contributed by atoms with van der Waals surface area (Å²) in [5.74, 6) is 1.43. The second-order valence-electron chi connectivity index (χ2n) is 6.55. The molecule has 138 valence electrons. The molecule has 1 aliphatic heterocycles. The number of hydrogen-bond donors (Lipinski definition) is 0. The number of aromatic nitrogens is 4. The maximum Gasteiger partial charge on any atom is 0.276 e. The van der Waals surface area contributed by atoms with Crippen LogP contribution in [0.25, 0.3) is 22.7 Å². The Morgan fingerprint density at radius 2 is 1.82 bits per heavy atom. The minimum Gasteiger partial charge on any atom is -0.355 e. The van der Waals surface area contributed by atoms with Crippen LogP contribution in [0.1, 0.15) is 22.3 Å². The van der Waals surface area contributed by atoms with Gasteiger partial charge in [-0.05, 0) is 12.1 Å². The number of rotatable bonds is 4. The first-order chi connectivity index (χ1) is 13.8. The number of benzene rings is 1. The number of carbonyl (C=O) groups excluding carboxylic acids is 1. The summed E-state index contributed by atoms with van der Waals surface area (Å²) < 4.78 is 10.7. The zero-order chi connectivity index (χ0) is 18.9. The standard InChI is InChI=1S/C20H15N5O3/c26-20(16-9-17(27-23-16)13-5-2-1-3-6-13)25-11-15(12-25)19-22-18(24-28-19)14-7-4-8-21-10-14/h1-10,15H,11-12H2. The molecular formula is C20H15N5O3. The molecule has 1 aromatic carbocycles. The highest BCUT2D eigenvalue weighted by molar-refractivity contribution is 5.93. The van der Waals surface area contributed by atoms with Crippen molar-refractivity contribution in [2.45, 2.75) is 5.92 Å². The van der Waals surface area contributed by atoms with E-state index in [0.717, 1.165) is 11.1 Å². The maximum absolute atomic E-state index is 12.6. The first-order valence-electron chi connectivity index (χ1n) is 8.83. The van der Waals surface area contributed by atoms with Crippen LogP contribution in [0.4, 0.5) is 0 Å². The van der Waals surface area contributed by atoms with Crippen LogP contribution in [0.2, 0.25) is 0 Å². The van der Waals surface area contributed by atoms with Gasteiger partial charge in [0.2, 0.25) is 11.7 Å². The van der Waals surface area contributed by atoms with Gasteiger partial charge in [0.15, 0.2) is 11.5 Å². The van der Waals surface area contributed by atoms with Gasteiger partial charge >= 0.3 is 0 Å². The van der Waals surface area contributed by atoms with Gasteiger partial charge in [-0.2, -0.15) is 4.98 Å². The average Bonchev–Trinajstić information content (AvgIpc) is 3.38. The first kappa shape index (κ1) is 16.4. The molecule has 5 rings (SSSR count). The van der Waals surface area contributed by atoms with Gasteiger partial charge in [-0.1, -0.05) is 40.6 Å². The van der Waals surface area contributed by atoms with Crippen molar-refractivity contribution >= 4 is 5.91 Å². The third-order valence-electron chi connectivity index (χ3n) is 4.67. The summed E-state index contributed by atoms with van der Waals surface area (Å²) >= 11 is 0. The molecule has 1 aliphatic rings. The largest absolute Gasteiger partial charge is 0.355 e. The Balaban J connectivity index is 1.24. The molecule has 0 radical (unpaired) electrons. The minimum atomic E-state index is -0.172. The molecule has 4 heterocycles. The minimum absolute atomic E-state index is 0.0161. The van der Waals surface area contributed by atoms with E-state index >= 15 is 0 Å². The van der Waals surface area contributed by atoms with E-state index in [-0.39, 0.29) is 11.8 Å².